The third kappa shape index (κ3) is 13.3. The number of hydrogen-bond acceptors (Lipinski definition) is 5. The molecule has 0 rings (SSSR count). The first-order valence-electron chi connectivity index (χ1n) is 6.18. The van der Waals surface area contributed by atoms with Crippen molar-refractivity contribution < 1.29 is 19.0 Å². The van der Waals surface area contributed by atoms with Gasteiger partial charge in [0.05, 0.1) is 19.8 Å². The molecule has 0 aliphatic rings. The highest BCUT2D eigenvalue weighted by atomic mass is 16.6. The van der Waals surface area contributed by atoms with Gasteiger partial charge in [0.15, 0.2) is 0 Å². The molecule has 0 amide bonds. The van der Waals surface area contributed by atoms with Crippen molar-refractivity contribution in [2.75, 3.05) is 46.1 Å². The normalized spacial score (nSPS) is 10.8. The second-order valence-electron chi connectivity index (χ2n) is 4.08. The molecule has 0 aromatic heterocycles. The maximum Gasteiger partial charge on any atom is 0.332 e. The average Bonchev–Trinajstić information content (AvgIpc) is 2.27. The molecule has 0 saturated heterocycles. The Morgan fingerprint density at radius 2 is 1.82 bits per heavy atom. The third-order valence-corrected chi connectivity index (χ3v) is 1.82. The molecule has 0 aliphatic heterocycles. The summed E-state index contributed by atoms with van der Waals surface area (Å²) in [5.41, 5.74) is 0. The summed E-state index contributed by atoms with van der Waals surface area (Å²) < 4.78 is 15.2. The van der Waals surface area contributed by atoms with Crippen LogP contribution in [0.2, 0.25) is 0 Å². The minimum Gasteiger partial charge on any atom is -0.464 e. The second-order valence-corrected chi connectivity index (χ2v) is 4.08. The SMILES string of the molecule is CCOC(=O)COCCNCCOCC(C)C. The summed E-state index contributed by atoms with van der Waals surface area (Å²) in [5, 5.41) is 3.16. The summed E-state index contributed by atoms with van der Waals surface area (Å²) in [6.45, 7) is 9.96. The number of ether oxygens (including phenoxy) is 3. The Kier molecular flexibility index (Phi) is 11.4. The molecular weight excluding hydrogens is 222 g/mol. The maximum absolute atomic E-state index is 10.9. The van der Waals surface area contributed by atoms with Crippen molar-refractivity contribution in [2.45, 2.75) is 20.8 Å². The Balaban J connectivity index is 3.06. The van der Waals surface area contributed by atoms with Crippen LogP contribution in [0.3, 0.4) is 0 Å². The van der Waals surface area contributed by atoms with Crippen LogP contribution in [0.25, 0.3) is 0 Å². The van der Waals surface area contributed by atoms with Gasteiger partial charge in [-0.1, -0.05) is 13.8 Å². The molecule has 0 saturated carbocycles. The highest BCUT2D eigenvalue weighted by molar-refractivity contribution is 5.70. The molecule has 0 unspecified atom stereocenters. The zero-order valence-electron chi connectivity index (χ0n) is 11.2. The Morgan fingerprint density at radius 3 is 2.41 bits per heavy atom. The quantitative estimate of drug-likeness (QED) is 0.433. The molecule has 0 aromatic rings. The van der Waals surface area contributed by atoms with E-state index in [1.807, 2.05) is 0 Å². The van der Waals surface area contributed by atoms with Gasteiger partial charge in [-0.3, -0.25) is 0 Å². The smallest absolute Gasteiger partial charge is 0.332 e. The first-order valence-corrected chi connectivity index (χ1v) is 6.18. The van der Waals surface area contributed by atoms with E-state index in [2.05, 4.69) is 19.2 Å². The Labute approximate surface area is 104 Å². The van der Waals surface area contributed by atoms with Crippen molar-refractivity contribution in [2.24, 2.45) is 5.92 Å². The summed E-state index contributed by atoms with van der Waals surface area (Å²) in [4.78, 5) is 10.9. The zero-order valence-corrected chi connectivity index (χ0v) is 11.2. The van der Waals surface area contributed by atoms with E-state index < -0.39 is 0 Å². The number of esters is 1. The van der Waals surface area contributed by atoms with E-state index >= 15 is 0 Å². The lowest BCUT2D eigenvalue weighted by Crippen LogP contribution is -2.25. The molecule has 1 N–H and O–H groups in total. The van der Waals surface area contributed by atoms with Gasteiger partial charge in [-0.25, -0.2) is 4.79 Å². The lowest BCUT2D eigenvalue weighted by molar-refractivity contribution is -0.148. The van der Waals surface area contributed by atoms with E-state index in [1.54, 1.807) is 6.92 Å². The molecular formula is C12H25NO4. The van der Waals surface area contributed by atoms with Crippen LogP contribution in [0.5, 0.6) is 0 Å². The molecule has 0 atom stereocenters. The Hall–Kier alpha value is -0.650. The summed E-state index contributed by atoms with van der Waals surface area (Å²) in [5.74, 6) is 0.260. The Bertz CT molecular complexity index is 185. The molecule has 0 aromatic carbocycles. The van der Waals surface area contributed by atoms with Crippen LogP contribution >= 0.6 is 0 Å². The molecule has 0 bridgehead atoms. The van der Waals surface area contributed by atoms with Gasteiger partial charge in [0.25, 0.3) is 0 Å². The fourth-order valence-electron chi connectivity index (χ4n) is 1.09. The van der Waals surface area contributed by atoms with Gasteiger partial charge in [-0.05, 0) is 12.8 Å². The number of hydrogen-bond donors (Lipinski definition) is 1. The number of rotatable bonds is 11. The van der Waals surface area contributed by atoms with Crippen LogP contribution in [-0.2, 0) is 19.0 Å². The highest BCUT2D eigenvalue weighted by Gasteiger charge is 2.00. The monoisotopic (exact) mass is 247 g/mol. The minimum absolute atomic E-state index is 0.0272. The average molecular weight is 247 g/mol. The van der Waals surface area contributed by atoms with Crippen molar-refractivity contribution in [1.82, 2.24) is 5.32 Å². The van der Waals surface area contributed by atoms with Crippen molar-refractivity contribution in [3.05, 3.63) is 0 Å². The van der Waals surface area contributed by atoms with Gasteiger partial charge in [-0.15, -0.1) is 0 Å². The fraction of sp³-hybridized carbons (Fsp3) is 0.917. The van der Waals surface area contributed by atoms with Gasteiger partial charge >= 0.3 is 5.97 Å². The van der Waals surface area contributed by atoms with Crippen molar-refractivity contribution in [3.8, 4) is 0 Å². The van der Waals surface area contributed by atoms with Crippen molar-refractivity contribution in [1.29, 1.82) is 0 Å². The molecule has 0 spiro atoms. The van der Waals surface area contributed by atoms with Crippen LogP contribution in [0.15, 0.2) is 0 Å². The third-order valence-electron chi connectivity index (χ3n) is 1.82. The first kappa shape index (κ1) is 16.4. The van der Waals surface area contributed by atoms with E-state index in [4.69, 9.17) is 14.2 Å². The van der Waals surface area contributed by atoms with Crippen LogP contribution in [0.4, 0.5) is 0 Å². The number of nitrogens with one attached hydrogen (secondary N) is 1. The second kappa shape index (κ2) is 11.8. The molecule has 5 heteroatoms. The van der Waals surface area contributed by atoms with E-state index in [-0.39, 0.29) is 12.6 Å². The largest absolute Gasteiger partial charge is 0.464 e. The van der Waals surface area contributed by atoms with E-state index in [9.17, 15) is 4.79 Å². The molecule has 102 valence electrons. The van der Waals surface area contributed by atoms with Crippen LogP contribution in [0.1, 0.15) is 20.8 Å². The maximum atomic E-state index is 10.9. The standard InChI is InChI=1S/C12H25NO4/c1-4-17-12(14)10-16-8-6-13-5-7-15-9-11(2)3/h11,13H,4-10H2,1-3H3. The molecule has 0 heterocycles. The number of carbonyl (C=O) groups excluding carboxylic acids is 1. The van der Waals surface area contributed by atoms with Gasteiger partial charge in [0.2, 0.25) is 0 Å². The van der Waals surface area contributed by atoms with Crippen LogP contribution in [-0.4, -0.2) is 52.1 Å². The lowest BCUT2D eigenvalue weighted by Gasteiger charge is -2.08. The summed E-state index contributed by atoms with van der Waals surface area (Å²) in [6, 6.07) is 0. The minimum atomic E-state index is -0.312. The molecule has 0 fully saturated rings. The number of carbonyl (C=O) groups is 1. The van der Waals surface area contributed by atoms with Crippen molar-refractivity contribution >= 4 is 5.97 Å². The summed E-state index contributed by atoms with van der Waals surface area (Å²) in [7, 11) is 0. The lowest BCUT2D eigenvalue weighted by atomic mass is 10.2. The van der Waals surface area contributed by atoms with E-state index in [0.29, 0.717) is 32.3 Å². The van der Waals surface area contributed by atoms with E-state index in [0.717, 1.165) is 13.2 Å². The van der Waals surface area contributed by atoms with Gasteiger partial charge in [-0.2, -0.15) is 0 Å². The highest BCUT2D eigenvalue weighted by Crippen LogP contribution is 1.90. The molecule has 0 aliphatic carbocycles. The first-order chi connectivity index (χ1) is 8.16. The Morgan fingerprint density at radius 1 is 1.18 bits per heavy atom. The van der Waals surface area contributed by atoms with Crippen LogP contribution < -0.4 is 5.32 Å². The predicted molar refractivity (Wildman–Crippen MR) is 66.0 cm³/mol. The van der Waals surface area contributed by atoms with Gasteiger partial charge in [0, 0.05) is 19.7 Å². The summed E-state index contributed by atoms with van der Waals surface area (Å²) in [6.07, 6.45) is 0. The van der Waals surface area contributed by atoms with Crippen LogP contribution in [0, 0.1) is 5.92 Å². The van der Waals surface area contributed by atoms with Gasteiger partial charge in [0.1, 0.15) is 6.61 Å². The fourth-order valence-corrected chi connectivity index (χ4v) is 1.09. The van der Waals surface area contributed by atoms with Crippen molar-refractivity contribution in [3.63, 3.8) is 0 Å². The molecule has 0 radical (unpaired) electrons. The molecule has 17 heavy (non-hydrogen) atoms. The topological polar surface area (TPSA) is 56.8 Å². The van der Waals surface area contributed by atoms with Gasteiger partial charge < -0.3 is 19.5 Å². The zero-order chi connectivity index (χ0) is 12.9. The summed E-state index contributed by atoms with van der Waals surface area (Å²) >= 11 is 0. The van der Waals surface area contributed by atoms with E-state index in [1.165, 1.54) is 0 Å². The molecule has 5 nitrogen and oxygen atoms in total. The predicted octanol–water partition coefficient (Wildman–Crippen LogP) is 0.828.